The molecule has 0 saturated carbocycles. The Balaban J connectivity index is 1.85. The van der Waals surface area contributed by atoms with Crippen molar-refractivity contribution in [3.63, 3.8) is 0 Å². The molecule has 1 aliphatic heterocycles. The van der Waals surface area contributed by atoms with E-state index in [-0.39, 0.29) is 5.91 Å². The summed E-state index contributed by atoms with van der Waals surface area (Å²) in [6.07, 6.45) is 3.09. The van der Waals surface area contributed by atoms with Crippen molar-refractivity contribution in [1.29, 1.82) is 0 Å². The van der Waals surface area contributed by atoms with Crippen molar-refractivity contribution in [3.05, 3.63) is 30.1 Å². The molecular weight excluding hydrogens is 296 g/mol. The van der Waals surface area contributed by atoms with Gasteiger partial charge in [0, 0.05) is 19.6 Å². The summed E-state index contributed by atoms with van der Waals surface area (Å²) in [6.45, 7) is 2.25. The third-order valence-corrected chi connectivity index (χ3v) is 4.82. The second-order valence-corrected chi connectivity index (χ2v) is 6.55. The molecule has 1 amide bonds. The Morgan fingerprint density at radius 1 is 1.50 bits per heavy atom. The van der Waals surface area contributed by atoms with Crippen LogP contribution in [0.1, 0.15) is 12.2 Å². The fourth-order valence-corrected chi connectivity index (χ4v) is 3.44. The molecule has 0 bridgehead atoms. The number of fused-ring (bicyclic) bond motifs is 1. The number of hydrogen-bond acceptors (Lipinski definition) is 4. The monoisotopic (exact) mass is 318 g/mol. The largest absolute Gasteiger partial charge is 0.340 e. The van der Waals surface area contributed by atoms with Crippen molar-refractivity contribution in [3.8, 4) is 0 Å². The predicted molar refractivity (Wildman–Crippen MR) is 91.0 cm³/mol. The van der Waals surface area contributed by atoms with E-state index in [0.29, 0.717) is 12.6 Å². The Hall–Kier alpha value is -1.53. The van der Waals surface area contributed by atoms with Crippen molar-refractivity contribution < 1.29 is 4.79 Å². The van der Waals surface area contributed by atoms with E-state index < -0.39 is 0 Å². The van der Waals surface area contributed by atoms with Crippen LogP contribution in [0.15, 0.2) is 24.3 Å². The van der Waals surface area contributed by atoms with Crippen LogP contribution in [0.2, 0.25) is 0 Å². The first kappa shape index (κ1) is 15.4. The van der Waals surface area contributed by atoms with Crippen LogP contribution < -0.4 is 5.32 Å². The lowest BCUT2D eigenvalue weighted by atomic mass is 10.2. The molecule has 118 valence electrons. The standard InChI is InChI=1S/C16H22N4OS/c1-19(12-7-8-17-9-12)16(21)10-20-14-6-4-3-5-13(14)18-15(20)11-22-2/h3-6,12,17H,7-11H2,1-2H3. The molecule has 1 fully saturated rings. The zero-order valence-corrected chi connectivity index (χ0v) is 13.9. The molecule has 1 N–H and O–H groups in total. The molecule has 2 heterocycles. The summed E-state index contributed by atoms with van der Waals surface area (Å²) in [7, 11) is 1.91. The third-order valence-electron chi connectivity index (χ3n) is 4.28. The Morgan fingerprint density at radius 3 is 3.05 bits per heavy atom. The lowest BCUT2D eigenvalue weighted by Gasteiger charge is -2.24. The first-order valence-corrected chi connectivity index (χ1v) is 8.99. The van der Waals surface area contributed by atoms with Gasteiger partial charge in [0.2, 0.25) is 5.91 Å². The van der Waals surface area contributed by atoms with Gasteiger partial charge in [0.05, 0.1) is 16.8 Å². The van der Waals surface area contributed by atoms with Crippen LogP contribution in [-0.4, -0.2) is 52.8 Å². The number of thioether (sulfide) groups is 1. The number of hydrogen-bond donors (Lipinski definition) is 1. The van der Waals surface area contributed by atoms with E-state index in [2.05, 4.69) is 21.1 Å². The van der Waals surface area contributed by atoms with Crippen LogP contribution in [-0.2, 0) is 17.1 Å². The maximum absolute atomic E-state index is 12.6. The van der Waals surface area contributed by atoms with Gasteiger partial charge in [0.15, 0.2) is 0 Å². The fraction of sp³-hybridized carbons (Fsp3) is 0.500. The summed E-state index contributed by atoms with van der Waals surface area (Å²) in [5.74, 6) is 1.94. The van der Waals surface area contributed by atoms with E-state index >= 15 is 0 Å². The van der Waals surface area contributed by atoms with Crippen LogP contribution >= 0.6 is 11.8 Å². The van der Waals surface area contributed by atoms with E-state index in [1.165, 1.54) is 0 Å². The molecule has 1 aliphatic rings. The molecule has 0 aliphatic carbocycles. The molecular formula is C16H22N4OS. The smallest absolute Gasteiger partial charge is 0.242 e. The van der Waals surface area contributed by atoms with E-state index in [1.807, 2.05) is 36.2 Å². The van der Waals surface area contributed by atoms with Gasteiger partial charge in [-0.3, -0.25) is 4.79 Å². The zero-order chi connectivity index (χ0) is 15.5. The summed E-state index contributed by atoms with van der Waals surface area (Å²) in [4.78, 5) is 19.2. The minimum Gasteiger partial charge on any atom is -0.340 e. The van der Waals surface area contributed by atoms with E-state index in [0.717, 1.165) is 42.1 Å². The number of nitrogens with one attached hydrogen (secondary N) is 1. The quantitative estimate of drug-likeness (QED) is 0.912. The highest BCUT2D eigenvalue weighted by molar-refractivity contribution is 7.97. The SMILES string of the molecule is CSCc1nc2ccccc2n1CC(=O)N(C)C1CCNC1. The van der Waals surface area contributed by atoms with Gasteiger partial charge in [-0.2, -0.15) is 11.8 Å². The number of likely N-dealkylation sites (N-methyl/N-ethyl adjacent to an activating group) is 1. The molecule has 22 heavy (non-hydrogen) atoms. The summed E-state index contributed by atoms with van der Waals surface area (Å²) in [5.41, 5.74) is 2.00. The average molecular weight is 318 g/mol. The van der Waals surface area contributed by atoms with Crippen LogP contribution in [0.4, 0.5) is 0 Å². The number of nitrogens with zero attached hydrogens (tertiary/aromatic N) is 3. The van der Waals surface area contributed by atoms with Gasteiger partial charge in [-0.05, 0) is 31.4 Å². The molecule has 1 saturated heterocycles. The number of benzene rings is 1. The Kier molecular flexibility index (Phi) is 4.69. The van der Waals surface area contributed by atoms with Gasteiger partial charge in [-0.25, -0.2) is 4.98 Å². The molecule has 5 nitrogen and oxygen atoms in total. The first-order chi connectivity index (χ1) is 10.7. The highest BCUT2D eigenvalue weighted by Crippen LogP contribution is 2.19. The summed E-state index contributed by atoms with van der Waals surface area (Å²) >= 11 is 1.73. The maximum atomic E-state index is 12.6. The van der Waals surface area contributed by atoms with Crippen LogP contribution in [0, 0.1) is 0 Å². The van der Waals surface area contributed by atoms with Gasteiger partial charge in [0.1, 0.15) is 12.4 Å². The second-order valence-electron chi connectivity index (χ2n) is 5.69. The number of amides is 1. The summed E-state index contributed by atoms with van der Waals surface area (Å²) < 4.78 is 2.06. The normalized spacial score (nSPS) is 18.0. The Morgan fingerprint density at radius 2 is 2.32 bits per heavy atom. The highest BCUT2D eigenvalue weighted by Gasteiger charge is 2.24. The van der Waals surface area contributed by atoms with Crippen molar-refractivity contribution >= 4 is 28.7 Å². The molecule has 6 heteroatoms. The molecule has 1 aromatic heterocycles. The molecule has 0 spiro atoms. The van der Waals surface area contributed by atoms with E-state index in [1.54, 1.807) is 11.8 Å². The first-order valence-electron chi connectivity index (χ1n) is 7.60. The van der Waals surface area contributed by atoms with Gasteiger partial charge >= 0.3 is 0 Å². The lowest BCUT2D eigenvalue weighted by molar-refractivity contribution is -0.132. The lowest BCUT2D eigenvalue weighted by Crippen LogP contribution is -2.40. The van der Waals surface area contributed by atoms with Crippen molar-refractivity contribution in [2.24, 2.45) is 0 Å². The Bertz CT molecular complexity index is 663. The molecule has 1 atom stereocenters. The average Bonchev–Trinajstić information content (AvgIpc) is 3.16. The summed E-state index contributed by atoms with van der Waals surface area (Å²) in [6, 6.07) is 8.34. The minimum atomic E-state index is 0.152. The maximum Gasteiger partial charge on any atom is 0.242 e. The number of aromatic nitrogens is 2. The Labute approximate surface area is 135 Å². The predicted octanol–water partition coefficient (Wildman–Crippen LogP) is 1.72. The van der Waals surface area contributed by atoms with E-state index in [4.69, 9.17) is 0 Å². The molecule has 2 aromatic rings. The number of para-hydroxylation sites is 2. The number of imidazole rings is 1. The summed E-state index contributed by atoms with van der Waals surface area (Å²) in [5, 5.41) is 3.31. The van der Waals surface area contributed by atoms with E-state index in [9.17, 15) is 4.79 Å². The highest BCUT2D eigenvalue weighted by atomic mass is 32.2. The molecule has 1 unspecified atom stereocenters. The van der Waals surface area contributed by atoms with Crippen molar-refractivity contribution in [1.82, 2.24) is 19.8 Å². The number of carbonyl (C=O) groups excluding carboxylic acids is 1. The zero-order valence-electron chi connectivity index (χ0n) is 13.1. The van der Waals surface area contributed by atoms with Crippen LogP contribution in [0.25, 0.3) is 11.0 Å². The minimum absolute atomic E-state index is 0.152. The number of carbonyl (C=O) groups is 1. The van der Waals surface area contributed by atoms with Gasteiger partial charge in [0.25, 0.3) is 0 Å². The second kappa shape index (κ2) is 6.71. The third kappa shape index (κ3) is 2.98. The van der Waals surface area contributed by atoms with Crippen LogP contribution in [0.5, 0.6) is 0 Å². The molecule has 0 radical (unpaired) electrons. The topological polar surface area (TPSA) is 50.2 Å². The van der Waals surface area contributed by atoms with Crippen molar-refractivity contribution in [2.75, 3.05) is 26.4 Å². The van der Waals surface area contributed by atoms with Gasteiger partial charge in [-0.1, -0.05) is 12.1 Å². The molecule has 3 rings (SSSR count). The van der Waals surface area contributed by atoms with Gasteiger partial charge < -0.3 is 14.8 Å². The molecule has 1 aromatic carbocycles. The van der Waals surface area contributed by atoms with Crippen LogP contribution in [0.3, 0.4) is 0 Å². The fourth-order valence-electron chi connectivity index (χ4n) is 2.96. The van der Waals surface area contributed by atoms with Gasteiger partial charge in [-0.15, -0.1) is 0 Å². The number of rotatable bonds is 5. The van der Waals surface area contributed by atoms with Crippen molar-refractivity contribution in [2.45, 2.75) is 24.8 Å².